The molecule has 1 aliphatic rings. The molecule has 1 aromatic heterocycles. The maximum absolute atomic E-state index is 9.57. The normalized spacial score (nSPS) is 19.6. The summed E-state index contributed by atoms with van der Waals surface area (Å²) < 4.78 is 5.49. The van der Waals surface area contributed by atoms with Crippen molar-refractivity contribution < 1.29 is 14.6 Å². The number of phenolic OH excluding ortho intramolecular Hbond substituents is 2. The Labute approximate surface area is 118 Å². The minimum atomic E-state index is 0.0406. The van der Waals surface area contributed by atoms with E-state index < -0.39 is 0 Å². The van der Waals surface area contributed by atoms with Crippen LogP contribution >= 0.6 is 0 Å². The molecule has 2 aromatic rings. The molecular formula is C16H19NO3. The maximum atomic E-state index is 9.57. The monoisotopic (exact) mass is 273 g/mol. The van der Waals surface area contributed by atoms with Gasteiger partial charge in [-0.2, -0.15) is 0 Å². The number of benzene rings is 1. The SMILES string of the molecule is CC(NC1CCCc2occc21)c1cc(O)cc(O)c1. The molecule has 3 N–H and O–H groups in total. The Morgan fingerprint density at radius 1 is 1.25 bits per heavy atom. The average Bonchev–Trinajstić information content (AvgIpc) is 2.87. The van der Waals surface area contributed by atoms with Gasteiger partial charge in [-0.15, -0.1) is 0 Å². The van der Waals surface area contributed by atoms with Crippen LogP contribution < -0.4 is 5.32 Å². The molecule has 4 heteroatoms. The van der Waals surface area contributed by atoms with Crippen molar-refractivity contribution in [3.05, 3.63) is 47.4 Å². The zero-order valence-corrected chi connectivity index (χ0v) is 11.5. The summed E-state index contributed by atoms with van der Waals surface area (Å²) in [6, 6.07) is 7.02. The van der Waals surface area contributed by atoms with Crippen molar-refractivity contribution in [1.82, 2.24) is 5.32 Å². The predicted octanol–water partition coefficient (Wildman–Crippen LogP) is 3.42. The Kier molecular flexibility index (Phi) is 3.40. The van der Waals surface area contributed by atoms with Crippen molar-refractivity contribution in [3.63, 3.8) is 0 Å². The van der Waals surface area contributed by atoms with Crippen LogP contribution in [0.4, 0.5) is 0 Å². The average molecular weight is 273 g/mol. The minimum Gasteiger partial charge on any atom is -0.508 e. The first-order valence-corrected chi connectivity index (χ1v) is 6.98. The summed E-state index contributed by atoms with van der Waals surface area (Å²) in [4.78, 5) is 0. The second-order valence-corrected chi connectivity index (χ2v) is 5.42. The van der Waals surface area contributed by atoms with Gasteiger partial charge in [0.2, 0.25) is 0 Å². The van der Waals surface area contributed by atoms with Gasteiger partial charge in [-0.25, -0.2) is 0 Å². The fraction of sp³-hybridized carbons (Fsp3) is 0.375. The van der Waals surface area contributed by atoms with Gasteiger partial charge in [0, 0.05) is 30.1 Å². The Balaban J connectivity index is 1.78. The number of aryl methyl sites for hydroxylation is 1. The summed E-state index contributed by atoms with van der Waals surface area (Å²) in [6.07, 6.45) is 4.93. The summed E-state index contributed by atoms with van der Waals surface area (Å²) in [5, 5.41) is 22.7. The van der Waals surface area contributed by atoms with E-state index in [9.17, 15) is 10.2 Å². The van der Waals surface area contributed by atoms with Crippen LogP contribution in [0.2, 0.25) is 0 Å². The number of fused-ring (bicyclic) bond motifs is 1. The van der Waals surface area contributed by atoms with E-state index in [2.05, 4.69) is 5.32 Å². The van der Waals surface area contributed by atoms with Crippen molar-refractivity contribution in [2.75, 3.05) is 0 Å². The molecule has 0 radical (unpaired) electrons. The van der Waals surface area contributed by atoms with Gasteiger partial charge in [-0.05, 0) is 43.5 Å². The topological polar surface area (TPSA) is 65.6 Å². The number of hydrogen-bond acceptors (Lipinski definition) is 4. The van der Waals surface area contributed by atoms with Gasteiger partial charge < -0.3 is 19.9 Å². The van der Waals surface area contributed by atoms with E-state index in [4.69, 9.17) is 4.42 Å². The van der Waals surface area contributed by atoms with Gasteiger partial charge in [0.1, 0.15) is 17.3 Å². The third kappa shape index (κ3) is 2.51. The van der Waals surface area contributed by atoms with Crippen LogP contribution in [0.3, 0.4) is 0 Å². The molecule has 2 unspecified atom stereocenters. The molecule has 0 spiro atoms. The van der Waals surface area contributed by atoms with Crippen LogP contribution in [0, 0.1) is 0 Å². The third-order valence-electron chi connectivity index (χ3n) is 3.93. The molecule has 106 valence electrons. The standard InChI is InChI=1S/C16H19NO3/c1-10(11-7-12(18)9-13(19)8-11)17-15-3-2-4-16-14(15)5-6-20-16/h5-10,15,17-19H,2-4H2,1H3. The van der Waals surface area contributed by atoms with Crippen LogP contribution in [0.15, 0.2) is 34.9 Å². The molecule has 4 nitrogen and oxygen atoms in total. The Bertz CT molecular complexity index is 585. The number of rotatable bonds is 3. The number of aromatic hydroxyl groups is 2. The molecule has 1 heterocycles. The minimum absolute atomic E-state index is 0.0406. The fourth-order valence-electron chi connectivity index (χ4n) is 2.93. The Morgan fingerprint density at radius 3 is 2.75 bits per heavy atom. The highest BCUT2D eigenvalue weighted by molar-refractivity contribution is 5.38. The van der Waals surface area contributed by atoms with E-state index in [1.54, 1.807) is 18.4 Å². The molecule has 0 fully saturated rings. The first-order valence-electron chi connectivity index (χ1n) is 6.98. The quantitative estimate of drug-likeness (QED) is 0.801. The van der Waals surface area contributed by atoms with Crippen molar-refractivity contribution in [3.8, 4) is 11.5 Å². The van der Waals surface area contributed by atoms with E-state index in [0.717, 1.165) is 30.6 Å². The van der Waals surface area contributed by atoms with Crippen LogP contribution in [0.5, 0.6) is 11.5 Å². The van der Waals surface area contributed by atoms with E-state index in [-0.39, 0.29) is 23.6 Å². The zero-order chi connectivity index (χ0) is 14.1. The van der Waals surface area contributed by atoms with Crippen LogP contribution in [-0.2, 0) is 6.42 Å². The van der Waals surface area contributed by atoms with E-state index in [0.29, 0.717) is 0 Å². The Morgan fingerprint density at radius 2 is 2.00 bits per heavy atom. The van der Waals surface area contributed by atoms with Crippen molar-refractivity contribution >= 4 is 0 Å². The Hall–Kier alpha value is -1.94. The summed E-state index contributed by atoms with van der Waals surface area (Å²) in [5.74, 6) is 1.24. The maximum Gasteiger partial charge on any atom is 0.119 e. The van der Waals surface area contributed by atoms with Crippen molar-refractivity contribution in [2.24, 2.45) is 0 Å². The zero-order valence-electron chi connectivity index (χ0n) is 11.5. The second-order valence-electron chi connectivity index (χ2n) is 5.42. The third-order valence-corrected chi connectivity index (χ3v) is 3.93. The van der Waals surface area contributed by atoms with Crippen LogP contribution in [-0.4, -0.2) is 10.2 Å². The van der Waals surface area contributed by atoms with E-state index in [1.807, 2.05) is 13.0 Å². The van der Waals surface area contributed by atoms with Crippen LogP contribution in [0.1, 0.15) is 48.7 Å². The largest absolute Gasteiger partial charge is 0.508 e. The molecule has 1 aromatic carbocycles. The lowest BCUT2D eigenvalue weighted by molar-refractivity contribution is 0.383. The summed E-state index contributed by atoms with van der Waals surface area (Å²) >= 11 is 0. The first kappa shape index (κ1) is 13.1. The first-order chi connectivity index (χ1) is 9.63. The number of hydrogen-bond donors (Lipinski definition) is 3. The summed E-state index contributed by atoms with van der Waals surface area (Å²) in [5.41, 5.74) is 2.10. The van der Waals surface area contributed by atoms with Gasteiger partial charge in [0.05, 0.1) is 6.26 Å². The van der Waals surface area contributed by atoms with Crippen molar-refractivity contribution in [2.45, 2.75) is 38.3 Å². The summed E-state index contributed by atoms with van der Waals surface area (Å²) in [6.45, 7) is 2.03. The van der Waals surface area contributed by atoms with Gasteiger partial charge in [-0.1, -0.05) is 0 Å². The summed E-state index contributed by atoms with van der Waals surface area (Å²) in [7, 11) is 0. The molecule has 0 amide bonds. The van der Waals surface area contributed by atoms with Crippen molar-refractivity contribution in [1.29, 1.82) is 0 Å². The molecular weight excluding hydrogens is 254 g/mol. The van der Waals surface area contributed by atoms with E-state index in [1.165, 1.54) is 11.6 Å². The molecule has 20 heavy (non-hydrogen) atoms. The van der Waals surface area contributed by atoms with Gasteiger partial charge in [-0.3, -0.25) is 0 Å². The second kappa shape index (κ2) is 5.21. The van der Waals surface area contributed by atoms with E-state index >= 15 is 0 Å². The van der Waals surface area contributed by atoms with Gasteiger partial charge in [0.15, 0.2) is 0 Å². The smallest absolute Gasteiger partial charge is 0.119 e. The highest BCUT2D eigenvalue weighted by Gasteiger charge is 2.24. The van der Waals surface area contributed by atoms with Crippen LogP contribution in [0.25, 0.3) is 0 Å². The molecule has 0 aliphatic heterocycles. The molecule has 0 bridgehead atoms. The fourth-order valence-corrected chi connectivity index (χ4v) is 2.93. The molecule has 0 saturated carbocycles. The highest BCUT2D eigenvalue weighted by atomic mass is 16.3. The van der Waals surface area contributed by atoms with Gasteiger partial charge >= 0.3 is 0 Å². The lowest BCUT2D eigenvalue weighted by Gasteiger charge is -2.26. The molecule has 0 saturated heterocycles. The lowest BCUT2D eigenvalue weighted by atomic mass is 9.92. The molecule has 1 aliphatic carbocycles. The highest BCUT2D eigenvalue weighted by Crippen LogP contribution is 2.33. The number of nitrogens with one attached hydrogen (secondary N) is 1. The molecule has 3 rings (SSSR count). The molecule has 2 atom stereocenters. The predicted molar refractivity (Wildman–Crippen MR) is 75.7 cm³/mol. The van der Waals surface area contributed by atoms with Gasteiger partial charge in [0.25, 0.3) is 0 Å². The number of phenols is 2. The lowest BCUT2D eigenvalue weighted by Crippen LogP contribution is -2.27. The number of furan rings is 1.